The number of rotatable bonds is 10. The minimum absolute atomic E-state index is 0.0703. The van der Waals surface area contributed by atoms with Crippen molar-refractivity contribution >= 4 is 0 Å². The summed E-state index contributed by atoms with van der Waals surface area (Å²) in [5, 5.41) is 10.4. The zero-order valence-corrected chi connectivity index (χ0v) is 15.9. The lowest BCUT2D eigenvalue weighted by molar-refractivity contribution is -0.00308. The van der Waals surface area contributed by atoms with E-state index < -0.39 is 17.7 Å². The molecule has 0 radical (unpaired) electrons. The molecule has 1 saturated heterocycles. The monoisotopic (exact) mass is 391 g/mol. The van der Waals surface area contributed by atoms with Crippen LogP contribution in [0.4, 0.5) is 8.78 Å². The first-order valence-corrected chi connectivity index (χ1v) is 9.68. The highest BCUT2D eigenvalue weighted by atomic mass is 19.1. The quantitative estimate of drug-likeness (QED) is 0.673. The zero-order chi connectivity index (χ0) is 19.8. The standard InChI is InChI=1S/C22H27F2NO3/c23-19-9-8-18(22(24)11-19)12-25(14-21-7-4-10-28-21)13-20(26)16-27-15-17-5-2-1-3-6-17/h1-3,5-6,8-9,11,20-21,26H,4,7,10,12-16H2. The van der Waals surface area contributed by atoms with Gasteiger partial charge >= 0.3 is 0 Å². The van der Waals surface area contributed by atoms with Gasteiger partial charge < -0.3 is 14.6 Å². The van der Waals surface area contributed by atoms with Gasteiger partial charge in [-0.3, -0.25) is 4.90 Å². The number of hydrogen-bond acceptors (Lipinski definition) is 4. The third-order valence-electron chi connectivity index (χ3n) is 4.79. The van der Waals surface area contributed by atoms with Gasteiger partial charge in [0.25, 0.3) is 0 Å². The summed E-state index contributed by atoms with van der Waals surface area (Å²) in [7, 11) is 0. The van der Waals surface area contributed by atoms with E-state index in [2.05, 4.69) is 0 Å². The van der Waals surface area contributed by atoms with Crippen molar-refractivity contribution in [1.82, 2.24) is 4.90 Å². The summed E-state index contributed by atoms with van der Waals surface area (Å²) in [6.45, 7) is 2.53. The maximum atomic E-state index is 14.1. The molecule has 2 atom stereocenters. The molecule has 152 valence electrons. The van der Waals surface area contributed by atoms with Gasteiger partial charge in [0.1, 0.15) is 11.6 Å². The highest BCUT2D eigenvalue weighted by Crippen LogP contribution is 2.17. The zero-order valence-electron chi connectivity index (χ0n) is 15.9. The van der Waals surface area contributed by atoms with Crippen LogP contribution in [0.5, 0.6) is 0 Å². The summed E-state index contributed by atoms with van der Waals surface area (Å²) in [4.78, 5) is 1.95. The van der Waals surface area contributed by atoms with Gasteiger partial charge in [-0.2, -0.15) is 0 Å². The van der Waals surface area contributed by atoms with Gasteiger partial charge in [-0.25, -0.2) is 8.78 Å². The van der Waals surface area contributed by atoms with Gasteiger partial charge in [-0.15, -0.1) is 0 Å². The highest BCUT2D eigenvalue weighted by molar-refractivity contribution is 5.18. The Morgan fingerprint density at radius 3 is 2.71 bits per heavy atom. The van der Waals surface area contributed by atoms with Gasteiger partial charge in [0, 0.05) is 37.9 Å². The van der Waals surface area contributed by atoms with Gasteiger partial charge in [0.15, 0.2) is 0 Å². The van der Waals surface area contributed by atoms with Gasteiger partial charge in [-0.05, 0) is 24.5 Å². The van der Waals surface area contributed by atoms with Crippen LogP contribution in [0.25, 0.3) is 0 Å². The second-order valence-corrected chi connectivity index (χ2v) is 7.22. The lowest BCUT2D eigenvalue weighted by atomic mass is 10.1. The molecule has 0 aromatic heterocycles. The molecule has 1 aliphatic rings. The van der Waals surface area contributed by atoms with E-state index in [1.54, 1.807) is 0 Å². The fraction of sp³-hybridized carbons (Fsp3) is 0.455. The first kappa shape index (κ1) is 20.9. The average molecular weight is 391 g/mol. The van der Waals surface area contributed by atoms with Gasteiger partial charge in [0.05, 0.1) is 25.4 Å². The van der Waals surface area contributed by atoms with Gasteiger partial charge in [0.2, 0.25) is 0 Å². The molecular weight excluding hydrogens is 364 g/mol. The highest BCUT2D eigenvalue weighted by Gasteiger charge is 2.22. The summed E-state index contributed by atoms with van der Waals surface area (Å²) in [6, 6.07) is 13.3. The van der Waals surface area contributed by atoms with Crippen LogP contribution in [0.3, 0.4) is 0 Å². The summed E-state index contributed by atoms with van der Waals surface area (Å²) < 4.78 is 38.5. The maximum absolute atomic E-state index is 14.1. The molecule has 1 N–H and O–H groups in total. The van der Waals surface area contributed by atoms with Crippen molar-refractivity contribution < 1.29 is 23.4 Å². The van der Waals surface area contributed by atoms with Gasteiger partial charge in [-0.1, -0.05) is 36.4 Å². The van der Waals surface area contributed by atoms with Crippen molar-refractivity contribution in [3.05, 3.63) is 71.3 Å². The van der Waals surface area contributed by atoms with E-state index in [4.69, 9.17) is 9.47 Å². The Labute approximate surface area is 164 Å². The first-order chi connectivity index (χ1) is 13.6. The first-order valence-electron chi connectivity index (χ1n) is 9.68. The van der Waals surface area contributed by atoms with Crippen molar-refractivity contribution in [1.29, 1.82) is 0 Å². The minimum Gasteiger partial charge on any atom is -0.389 e. The third kappa shape index (κ3) is 6.63. The number of aliphatic hydroxyl groups excluding tert-OH is 1. The van der Waals surface area contributed by atoms with Crippen molar-refractivity contribution in [3.63, 3.8) is 0 Å². The fourth-order valence-corrected chi connectivity index (χ4v) is 3.41. The van der Waals surface area contributed by atoms with Crippen molar-refractivity contribution in [2.45, 2.75) is 38.2 Å². The van der Waals surface area contributed by atoms with E-state index in [9.17, 15) is 13.9 Å². The number of ether oxygens (including phenoxy) is 2. The van der Waals surface area contributed by atoms with Crippen LogP contribution < -0.4 is 0 Å². The molecule has 0 spiro atoms. The SMILES string of the molecule is OC(COCc1ccccc1)CN(Cc1ccc(F)cc1F)CC1CCCO1. The van der Waals surface area contributed by atoms with E-state index in [-0.39, 0.29) is 19.3 Å². The molecule has 28 heavy (non-hydrogen) atoms. The molecule has 1 heterocycles. The molecule has 0 saturated carbocycles. The Morgan fingerprint density at radius 1 is 1.18 bits per heavy atom. The second kappa shape index (κ2) is 10.6. The number of aliphatic hydroxyl groups is 1. The van der Waals surface area contributed by atoms with Crippen LogP contribution in [-0.4, -0.2) is 48.5 Å². The summed E-state index contributed by atoms with van der Waals surface area (Å²) in [6.07, 6.45) is 1.31. The van der Waals surface area contributed by atoms with Crippen LogP contribution in [0.15, 0.2) is 48.5 Å². The van der Waals surface area contributed by atoms with Crippen molar-refractivity contribution in [3.8, 4) is 0 Å². The third-order valence-corrected chi connectivity index (χ3v) is 4.79. The van der Waals surface area contributed by atoms with E-state index in [1.165, 1.54) is 12.1 Å². The van der Waals surface area contributed by atoms with E-state index in [0.29, 0.717) is 25.3 Å². The largest absolute Gasteiger partial charge is 0.389 e. The molecule has 1 fully saturated rings. The number of halogens is 2. The number of benzene rings is 2. The minimum atomic E-state index is -0.714. The van der Waals surface area contributed by atoms with E-state index in [0.717, 1.165) is 31.1 Å². The predicted octanol–water partition coefficient (Wildman–Crippen LogP) is 3.52. The molecule has 2 unspecified atom stereocenters. The Bertz CT molecular complexity index is 723. The summed E-state index contributed by atoms with van der Waals surface area (Å²) >= 11 is 0. The van der Waals surface area contributed by atoms with Crippen LogP contribution in [-0.2, 0) is 22.6 Å². The van der Waals surface area contributed by atoms with Crippen LogP contribution in [0.2, 0.25) is 0 Å². The second-order valence-electron chi connectivity index (χ2n) is 7.22. The molecule has 0 aliphatic carbocycles. The van der Waals surface area contributed by atoms with E-state index in [1.807, 2.05) is 35.2 Å². The Balaban J connectivity index is 1.54. The summed E-state index contributed by atoms with van der Waals surface area (Å²) in [5.41, 5.74) is 1.44. The molecule has 6 heteroatoms. The Morgan fingerprint density at radius 2 is 2.00 bits per heavy atom. The Hall–Kier alpha value is -1.86. The van der Waals surface area contributed by atoms with Crippen LogP contribution >= 0.6 is 0 Å². The molecule has 2 aromatic carbocycles. The number of hydrogen-bond donors (Lipinski definition) is 1. The van der Waals surface area contributed by atoms with Crippen LogP contribution in [0.1, 0.15) is 24.0 Å². The smallest absolute Gasteiger partial charge is 0.130 e. The molecule has 2 aromatic rings. The number of nitrogens with zero attached hydrogens (tertiary/aromatic N) is 1. The molecule has 1 aliphatic heterocycles. The average Bonchev–Trinajstić information content (AvgIpc) is 3.18. The molecule has 4 nitrogen and oxygen atoms in total. The normalized spacial score (nSPS) is 17.9. The van der Waals surface area contributed by atoms with Crippen molar-refractivity contribution in [2.75, 3.05) is 26.3 Å². The van der Waals surface area contributed by atoms with Crippen molar-refractivity contribution in [2.24, 2.45) is 0 Å². The topological polar surface area (TPSA) is 41.9 Å². The summed E-state index contributed by atoms with van der Waals surface area (Å²) in [5.74, 6) is -1.17. The molecule has 0 bridgehead atoms. The Kier molecular flexibility index (Phi) is 7.91. The fourth-order valence-electron chi connectivity index (χ4n) is 3.41. The van der Waals surface area contributed by atoms with E-state index >= 15 is 0 Å². The predicted molar refractivity (Wildman–Crippen MR) is 103 cm³/mol. The lowest BCUT2D eigenvalue weighted by Crippen LogP contribution is -2.39. The molecule has 0 amide bonds. The van der Waals surface area contributed by atoms with Crippen LogP contribution in [0, 0.1) is 11.6 Å². The maximum Gasteiger partial charge on any atom is 0.130 e. The molecular formula is C22H27F2NO3. The molecule has 3 rings (SSSR count). The lowest BCUT2D eigenvalue weighted by Gasteiger charge is -2.27.